The second kappa shape index (κ2) is 8.69. The Labute approximate surface area is 198 Å². The van der Waals surface area contributed by atoms with Crippen LogP contribution in [0.4, 0.5) is 23.2 Å². The second-order valence-corrected chi connectivity index (χ2v) is 8.43. The van der Waals surface area contributed by atoms with Gasteiger partial charge in [0.05, 0.1) is 16.9 Å². The molecule has 3 N–H and O–H groups in total. The number of amides is 2. The van der Waals surface area contributed by atoms with Crippen LogP contribution in [0.25, 0.3) is 21.3 Å². The zero-order valence-electron chi connectivity index (χ0n) is 17.2. The van der Waals surface area contributed by atoms with Crippen molar-refractivity contribution in [3.05, 3.63) is 63.6 Å². The van der Waals surface area contributed by atoms with E-state index in [1.807, 2.05) is 0 Å². The molecular formula is C21H14ClF4N5O2S. The number of thiophene rings is 1. The van der Waals surface area contributed by atoms with Crippen molar-refractivity contribution in [3.63, 3.8) is 0 Å². The summed E-state index contributed by atoms with van der Waals surface area (Å²) in [5.41, 5.74) is 4.30. The molecule has 4 rings (SSSR count). The third-order valence-electron chi connectivity index (χ3n) is 4.88. The monoisotopic (exact) mass is 511 g/mol. The van der Waals surface area contributed by atoms with Crippen LogP contribution < -0.4 is 11.1 Å². The molecular weight excluding hydrogens is 498 g/mol. The number of carbonyl (C=O) groups is 2. The molecule has 0 aliphatic rings. The van der Waals surface area contributed by atoms with Gasteiger partial charge in [-0.1, -0.05) is 23.7 Å². The SMILES string of the molecule is CCn1ncc(Cl)c1C(=O)Nc1c(C(N)=O)sc2nc(C(F)(F)F)cc(-c3ccc(F)cc3)c12. The average molecular weight is 512 g/mol. The largest absolute Gasteiger partial charge is 0.433 e. The Hall–Kier alpha value is -3.51. The van der Waals surface area contributed by atoms with E-state index < -0.39 is 29.5 Å². The summed E-state index contributed by atoms with van der Waals surface area (Å²) < 4.78 is 55.5. The molecule has 0 saturated carbocycles. The molecule has 2 amide bonds. The van der Waals surface area contributed by atoms with Crippen molar-refractivity contribution in [2.75, 3.05) is 5.32 Å². The number of pyridine rings is 1. The molecule has 0 atom stereocenters. The standard InChI is InChI=1S/C21H14ClF4N5O2S/c1-2-31-16(12(22)8-28-31)19(33)30-15-14-11(9-3-5-10(23)6-4-9)7-13(21(24,25)26)29-20(14)34-17(15)18(27)32/h3-8H,2H2,1H3,(H2,27,32)(H,30,33). The molecule has 3 heterocycles. The Bertz CT molecular complexity index is 1430. The zero-order valence-corrected chi connectivity index (χ0v) is 18.8. The fourth-order valence-corrected chi connectivity index (χ4v) is 4.63. The first-order valence-electron chi connectivity index (χ1n) is 9.64. The highest BCUT2D eigenvalue weighted by Crippen LogP contribution is 2.43. The number of aromatic nitrogens is 3. The van der Waals surface area contributed by atoms with E-state index in [1.54, 1.807) is 6.92 Å². The highest BCUT2D eigenvalue weighted by molar-refractivity contribution is 7.21. The van der Waals surface area contributed by atoms with Gasteiger partial charge in [0.25, 0.3) is 11.8 Å². The van der Waals surface area contributed by atoms with E-state index in [9.17, 15) is 27.2 Å². The van der Waals surface area contributed by atoms with Gasteiger partial charge in [0.1, 0.15) is 26.9 Å². The van der Waals surface area contributed by atoms with Crippen LogP contribution in [0.2, 0.25) is 5.02 Å². The molecule has 3 aromatic heterocycles. The van der Waals surface area contributed by atoms with Crippen LogP contribution in [0.5, 0.6) is 0 Å². The first kappa shape index (κ1) is 23.6. The van der Waals surface area contributed by atoms with E-state index in [4.69, 9.17) is 17.3 Å². The third kappa shape index (κ3) is 4.21. The molecule has 0 aliphatic carbocycles. The number of aryl methyl sites for hydroxylation is 1. The molecule has 7 nitrogen and oxygen atoms in total. The van der Waals surface area contributed by atoms with Crippen molar-refractivity contribution >= 4 is 50.7 Å². The number of rotatable bonds is 5. The normalized spacial score (nSPS) is 11.7. The van der Waals surface area contributed by atoms with Crippen LogP contribution in [-0.4, -0.2) is 26.6 Å². The molecule has 0 radical (unpaired) electrons. The lowest BCUT2D eigenvalue weighted by molar-refractivity contribution is -0.140. The number of hydrogen-bond acceptors (Lipinski definition) is 5. The molecule has 34 heavy (non-hydrogen) atoms. The maximum absolute atomic E-state index is 13.6. The molecule has 13 heteroatoms. The number of anilines is 1. The molecule has 176 valence electrons. The minimum absolute atomic E-state index is 0.0119. The first-order chi connectivity index (χ1) is 16.0. The van der Waals surface area contributed by atoms with Crippen LogP contribution in [0.1, 0.15) is 32.8 Å². The van der Waals surface area contributed by atoms with Gasteiger partial charge in [-0.3, -0.25) is 14.3 Å². The van der Waals surface area contributed by atoms with Gasteiger partial charge in [-0.05, 0) is 36.2 Å². The molecule has 0 saturated heterocycles. The predicted octanol–water partition coefficient (Wildman–Crippen LogP) is 5.34. The van der Waals surface area contributed by atoms with Crippen molar-refractivity contribution < 1.29 is 27.2 Å². The summed E-state index contributed by atoms with van der Waals surface area (Å²) in [6, 6.07) is 5.48. The number of carbonyl (C=O) groups excluding carboxylic acids is 2. The highest BCUT2D eigenvalue weighted by atomic mass is 35.5. The molecule has 0 fully saturated rings. The second-order valence-electron chi connectivity index (χ2n) is 7.02. The minimum atomic E-state index is -4.80. The van der Waals surface area contributed by atoms with Crippen LogP contribution in [0.15, 0.2) is 36.5 Å². The van der Waals surface area contributed by atoms with E-state index in [1.165, 1.54) is 23.0 Å². The van der Waals surface area contributed by atoms with Crippen molar-refractivity contribution in [2.24, 2.45) is 5.73 Å². The van der Waals surface area contributed by atoms with Gasteiger partial charge in [-0.15, -0.1) is 11.3 Å². The maximum atomic E-state index is 13.6. The Morgan fingerprint density at radius 3 is 2.50 bits per heavy atom. The fourth-order valence-electron chi connectivity index (χ4n) is 3.39. The number of nitrogens with two attached hydrogens (primary N) is 1. The van der Waals surface area contributed by atoms with Gasteiger partial charge in [-0.25, -0.2) is 9.37 Å². The van der Waals surface area contributed by atoms with Crippen molar-refractivity contribution in [2.45, 2.75) is 19.6 Å². The summed E-state index contributed by atoms with van der Waals surface area (Å²) in [4.78, 5) is 28.5. The highest BCUT2D eigenvalue weighted by Gasteiger charge is 2.35. The Morgan fingerprint density at radius 2 is 1.91 bits per heavy atom. The topological polar surface area (TPSA) is 103 Å². The van der Waals surface area contributed by atoms with Crippen LogP contribution >= 0.6 is 22.9 Å². The van der Waals surface area contributed by atoms with Crippen molar-refractivity contribution in [3.8, 4) is 11.1 Å². The van der Waals surface area contributed by atoms with Crippen LogP contribution in [0.3, 0.4) is 0 Å². The maximum Gasteiger partial charge on any atom is 0.433 e. The van der Waals surface area contributed by atoms with Gasteiger partial charge < -0.3 is 11.1 Å². The van der Waals surface area contributed by atoms with E-state index in [0.29, 0.717) is 17.9 Å². The first-order valence-corrected chi connectivity index (χ1v) is 10.8. The predicted molar refractivity (Wildman–Crippen MR) is 119 cm³/mol. The lowest BCUT2D eigenvalue weighted by atomic mass is 10.0. The number of primary amides is 1. The molecule has 0 aliphatic heterocycles. The van der Waals surface area contributed by atoms with E-state index in [-0.39, 0.29) is 42.6 Å². The van der Waals surface area contributed by atoms with Gasteiger partial charge >= 0.3 is 6.18 Å². The third-order valence-corrected chi connectivity index (χ3v) is 6.25. The lowest BCUT2D eigenvalue weighted by Gasteiger charge is -2.13. The number of hydrogen-bond donors (Lipinski definition) is 2. The zero-order chi connectivity index (χ0) is 24.8. The van der Waals surface area contributed by atoms with Gasteiger partial charge in [-0.2, -0.15) is 18.3 Å². The molecule has 1 aromatic carbocycles. The van der Waals surface area contributed by atoms with Crippen LogP contribution in [0, 0.1) is 5.82 Å². The van der Waals surface area contributed by atoms with E-state index >= 15 is 0 Å². The number of halogens is 5. The Morgan fingerprint density at radius 1 is 1.24 bits per heavy atom. The van der Waals surface area contributed by atoms with Gasteiger partial charge in [0.15, 0.2) is 0 Å². The van der Waals surface area contributed by atoms with Crippen molar-refractivity contribution in [1.29, 1.82) is 0 Å². The average Bonchev–Trinajstić information content (AvgIpc) is 3.33. The van der Waals surface area contributed by atoms with Gasteiger partial charge in [0, 0.05) is 11.9 Å². The van der Waals surface area contributed by atoms with Gasteiger partial charge in [0.2, 0.25) is 0 Å². The Balaban J connectivity index is 1.99. The Kier molecular flexibility index (Phi) is 6.04. The molecule has 0 spiro atoms. The lowest BCUT2D eigenvalue weighted by Crippen LogP contribution is -2.20. The summed E-state index contributed by atoms with van der Waals surface area (Å²) in [7, 11) is 0. The number of nitrogens with zero attached hydrogens (tertiary/aromatic N) is 3. The fraction of sp³-hybridized carbons (Fsp3) is 0.143. The van der Waals surface area contributed by atoms with Crippen LogP contribution in [-0.2, 0) is 12.7 Å². The van der Waals surface area contributed by atoms with Crippen molar-refractivity contribution in [1.82, 2.24) is 14.8 Å². The summed E-state index contributed by atoms with van der Waals surface area (Å²) in [5, 5.41) is 6.61. The number of nitrogens with one attached hydrogen (secondary N) is 1. The minimum Gasteiger partial charge on any atom is -0.365 e. The summed E-state index contributed by atoms with van der Waals surface area (Å²) >= 11 is 6.68. The molecule has 4 aromatic rings. The summed E-state index contributed by atoms with van der Waals surface area (Å²) in [6.45, 7) is 2.03. The summed E-state index contributed by atoms with van der Waals surface area (Å²) in [6.07, 6.45) is -3.54. The number of alkyl halides is 3. The summed E-state index contributed by atoms with van der Waals surface area (Å²) in [5.74, 6) is -2.33. The molecule has 0 unspecified atom stereocenters. The van der Waals surface area contributed by atoms with E-state index in [0.717, 1.165) is 18.2 Å². The smallest absolute Gasteiger partial charge is 0.365 e. The molecule has 0 bridgehead atoms. The van der Waals surface area contributed by atoms with E-state index in [2.05, 4.69) is 15.4 Å². The quantitative estimate of drug-likeness (QED) is 0.353. The number of benzene rings is 1. The number of fused-ring (bicyclic) bond motifs is 1.